The highest BCUT2D eigenvalue weighted by Gasteiger charge is 2.25. The molecule has 0 radical (unpaired) electrons. The van der Waals surface area contributed by atoms with Gasteiger partial charge in [0.1, 0.15) is 17.5 Å². The third-order valence-electron chi connectivity index (χ3n) is 2.99. The van der Waals surface area contributed by atoms with E-state index in [4.69, 9.17) is 22.1 Å². The van der Waals surface area contributed by atoms with Gasteiger partial charge in [0.15, 0.2) is 0 Å². The minimum Gasteiger partial charge on any atom is -0.383 e. The number of rotatable bonds is 5. The molecule has 0 bridgehead atoms. The van der Waals surface area contributed by atoms with Gasteiger partial charge in [0.2, 0.25) is 0 Å². The van der Waals surface area contributed by atoms with Gasteiger partial charge in [-0.1, -0.05) is 11.6 Å². The van der Waals surface area contributed by atoms with Gasteiger partial charge in [-0.3, -0.25) is 4.68 Å². The molecule has 0 spiro atoms. The number of nitrogens with zero attached hydrogens (tertiary/aromatic N) is 2. The van der Waals surface area contributed by atoms with Gasteiger partial charge in [0, 0.05) is 24.8 Å². The maximum atomic E-state index is 13.8. The SMILES string of the molecule is COCCn1ncc(Cl)c1C(N)c1c(F)cc(F)cc1F. The Balaban J connectivity index is 2.45. The standard InChI is InChI=1S/C13H13ClF3N3O/c1-21-3-2-20-13(8(14)6-19-20)12(18)11-9(16)4-7(15)5-10(11)17/h4-6,12H,2-3,18H2,1H3. The fourth-order valence-corrected chi connectivity index (χ4v) is 2.28. The second kappa shape index (κ2) is 6.46. The third-order valence-corrected chi connectivity index (χ3v) is 3.28. The fourth-order valence-electron chi connectivity index (χ4n) is 2.02. The van der Waals surface area contributed by atoms with E-state index in [2.05, 4.69) is 5.10 Å². The van der Waals surface area contributed by atoms with Crippen molar-refractivity contribution in [2.75, 3.05) is 13.7 Å². The summed E-state index contributed by atoms with van der Waals surface area (Å²) in [5.41, 5.74) is 5.67. The van der Waals surface area contributed by atoms with Crippen molar-refractivity contribution in [2.24, 2.45) is 5.73 Å². The lowest BCUT2D eigenvalue weighted by molar-refractivity contribution is 0.182. The largest absolute Gasteiger partial charge is 0.383 e. The van der Waals surface area contributed by atoms with Crippen LogP contribution < -0.4 is 5.73 Å². The van der Waals surface area contributed by atoms with E-state index in [9.17, 15) is 13.2 Å². The van der Waals surface area contributed by atoms with Crippen LogP contribution in [0.15, 0.2) is 18.3 Å². The van der Waals surface area contributed by atoms with Gasteiger partial charge in [-0.25, -0.2) is 13.2 Å². The van der Waals surface area contributed by atoms with Crippen molar-refractivity contribution in [2.45, 2.75) is 12.6 Å². The lowest BCUT2D eigenvalue weighted by Gasteiger charge is -2.16. The molecule has 1 aromatic heterocycles. The molecule has 0 saturated carbocycles. The van der Waals surface area contributed by atoms with E-state index < -0.39 is 29.1 Å². The summed E-state index contributed by atoms with van der Waals surface area (Å²) >= 11 is 5.98. The van der Waals surface area contributed by atoms with Gasteiger partial charge in [0.05, 0.1) is 36.1 Å². The molecular formula is C13H13ClF3N3O. The van der Waals surface area contributed by atoms with E-state index in [0.29, 0.717) is 25.3 Å². The molecule has 0 fully saturated rings. The van der Waals surface area contributed by atoms with Crippen molar-refractivity contribution in [1.82, 2.24) is 9.78 Å². The quantitative estimate of drug-likeness (QED) is 0.922. The predicted molar refractivity (Wildman–Crippen MR) is 71.5 cm³/mol. The first-order valence-corrected chi connectivity index (χ1v) is 6.43. The highest BCUT2D eigenvalue weighted by atomic mass is 35.5. The van der Waals surface area contributed by atoms with Crippen LogP contribution >= 0.6 is 11.6 Å². The molecule has 2 aromatic rings. The summed E-state index contributed by atoms with van der Waals surface area (Å²) in [6.45, 7) is 0.642. The first-order valence-electron chi connectivity index (χ1n) is 6.05. The molecule has 8 heteroatoms. The molecule has 0 aliphatic rings. The fraction of sp³-hybridized carbons (Fsp3) is 0.308. The predicted octanol–water partition coefficient (Wildman–Crippen LogP) is 2.65. The van der Waals surface area contributed by atoms with Crippen molar-refractivity contribution in [3.05, 3.63) is 52.1 Å². The van der Waals surface area contributed by atoms with Crippen LogP contribution in [0.1, 0.15) is 17.3 Å². The van der Waals surface area contributed by atoms with Gasteiger partial charge < -0.3 is 10.5 Å². The van der Waals surface area contributed by atoms with Crippen LogP contribution in [0.3, 0.4) is 0 Å². The molecule has 2 rings (SSSR count). The van der Waals surface area contributed by atoms with E-state index in [0.717, 1.165) is 0 Å². The zero-order valence-corrected chi connectivity index (χ0v) is 11.9. The maximum absolute atomic E-state index is 13.8. The molecule has 114 valence electrons. The number of ether oxygens (including phenoxy) is 1. The number of halogens is 4. The number of benzene rings is 1. The van der Waals surface area contributed by atoms with E-state index in [1.165, 1.54) is 18.0 Å². The molecule has 1 unspecified atom stereocenters. The van der Waals surface area contributed by atoms with Crippen molar-refractivity contribution in [3.8, 4) is 0 Å². The van der Waals surface area contributed by atoms with Crippen LogP contribution in [-0.2, 0) is 11.3 Å². The number of nitrogens with two attached hydrogens (primary N) is 1. The summed E-state index contributed by atoms with van der Waals surface area (Å²) in [5, 5.41) is 4.15. The van der Waals surface area contributed by atoms with Crippen molar-refractivity contribution < 1.29 is 17.9 Å². The van der Waals surface area contributed by atoms with E-state index in [-0.39, 0.29) is 10.7 Å². The monoisotopic (exact) mass is 319 g/mol. The Hall–Kier alpha value is -1.57. The van der Waals surface area contributed by atoms with Crippen LogP contribution in [0.2, 0.25) is 5.02 Å². The average Bonchev–Trinajstić information content (AvgIpc) is 2.76. The summed E-state index contributed by atoms with van der Waals surface area (Å²) in [5.74, 6) is -3.16. The van der Waals surface area contributed by atoms with Gasteiger partial charge in [-0.05, 0) is 0 Å². The zero-order chi connectivity index (χ0) is 15.6. The number of hydrogen-bond donors (Lipinski definition) is 1. The molecule has 0 aliphatic carbocycles. The Kier molecular flexibility index (Phi) is 4.87. The van der Waals surface area contributed by atoms with Crippen molar-refractivity contribution in [1.29, 1.82) is 0 Å². The zero-order valence-electron chi connectivity index (χ0n) is 11.1. The second-order valence-electron chi connectivity index (χ2n) is 4.35. The lowest BCUT2D eigenvalue weighted by atomic mass is 10.0. The van der Waals surface area contributed by atoms with E-state index in [1.807, 2.05) is 0 Å². The lowest BCUT2D eigenvalue weighted by Crippen LogP contribution is -2.21. The van der Waals surface area contributed by atoms with Crippen LogP contribution in [0.5, 0.6) is 0 Å². The van der Waals surface area contributed by atoms with Crippen LogP contribution in [0.4, 0.5) is 13.2 Å². The van der Waals surface area contributed by atoms with E-state index >= 15 is 0 Å². The summed E-state index contributed by atoms with van der Waals surface area (Å²) < 4.78 is 46.9. The molecule has 1 aromatic carbocycles. The molecule has 1 atom stereocenters. The summed E-state index contributed by atoms with van der Waals surface area (Å²) in [7, 11) is 1.50. The summed E-state index contributed by atoms with van der Waals surface area (Å²) in [4.78, 5) is 0. The number of hydrogen-bond acceptors (Lipinski definition) is 3. The normalized spacial score (nSPS) is 12.7. The van der Waals surface area contributed by atoms with Crippen molar-refractivity contribution in [3.63, 3.8) is 0 Å². The summed E-state index contributed by atoms with van der Waals surface area (Å²) in [6, 6.07) is -0.0678. The molecule has 21 heavy (non-hydrogen) atoms. The van der Waals surface area contributed by atoms with Crippen LogP contribution in [-0.4, -0.2) is 23.5 Å². The molecule has 4 nitrogen and oxygen atoms in total. The second-order valence-corrected chi connectivity index (χ2v) is 4.76. The topological polar surface area (TPSA) is 53.1 Å². The van der Waals surface area contributed by atoms with Gasteiger partial charge >= 0.3 is 0 Å². The number of methoxy groups -OCH3 is 1. The minimum absolute atomic E-state index is 0.168. The molecule has 2 N–H and O–H groups in total. The summed E-state index contributed by atoms with van der Waals surface area (Å²) in [6.07, 6.45) is 1.33. The number of aromatic nitrogens is 2. The molecule has 0 saturated heterocycles. The first-order chi connectivity index (χ1) is 9.95. The van der Waals surface area contributed by atoms with Gasteiger partial charge in [-0.15, -0.1) is 0 Å². The van der Waals surface area contributed by atoms with Crippen LogP contribution in [0, 0.1) is 17.5 Å². The van der Waals surface area contributed by atoms with Gasteiger partial charge in [0.25, 0.3) is 0 Å². The highest BCUT2D eigenvalue weighted by Crippen LogP contribution is 2.30. The Morgan fingerprint density at radius 3 is 2.52 bits per heavy atom. The Morgan fingerprint density at radius 1 is 1.33 bits per heavy atom. The van der Waals surface area contributed by atoms with Crippen molar-refractivity contribution >= 4 is 11.6 Å². The smallest absolute Gasteiger partial charge is 0.134 e. The third kappa shape index (κ3) is 3.20. The highest BCUT2D eigenvalue weighted by molar-refractivity contribution is 6.31. The molecular weight excluding hydrogens is 307 g/mol. The minimum atomic E-state index is -1.21. The Bertz CT molecular complexity index is 625. The maximum Gasteiger partial charge on any atom is 0.134 e. The Morgan fingerprint density at radius 2 is 1.95 bits per heavy atom. The van der Waals surface area contributed by atoms with Crippen LogP contribution in [0.25, 0.3) is 0 Å². The van der Waals surface area contributed by atoms with Gasteiger partial charge in [-0.2, -0.15) is 5.10 Å². The average molecular weight is 320 g/mol. The Labute approximate surface area is 124 Å². The molecule has 0 aliphatic heterocycles. The first kappa shape index (κ1) is 15.8. The molecule has 0 amide bonds. The van der Waals surface area contributed by atoms with E-state index in [1.54, 1.807) is 0 Å². The molecule has 1 heterocycles.